The summed E-state index contributed by atoms with van der Waals surface area (Å²) in [6.45, 7) is 0.709. The quantitative estimate of drug-likeness (QED) is 0.865. The van der Waals surface area contributed by atoms with Gasteiger partial charge in [0.1, 0.15) is 6.07 Å². The van der Waals surface area contributed by atoms with Crippen molar-refractivity contribution in [2.24, 2.45) is 0 Å². The van der Waals surface area contributed by atoms with Crippen LogP contribution < -0.4 is 10.6 Å². The van der Waals surface area contributed by atoms with Crippen LogP contribution in [0.5, 0.6) is 0 Å². The number of benzene rings is 1. The van der Waals surface area contributed by atoms with Crippen LogP contribution in [0.2, 0.25) is 0 Å². The Morgan fingerprint density at radius 3 is 2.52 bits per heavy atom. The zero-order chi connectivity index (χ0) is 18.0. The average molecular weight is 338 g/mol. The molecule has 1 aliphatic rings. The van der Waals surface area contributed by atoms with Gasteiger partial charge < -0.3 is 19.9 Å². The molecular weight excluding hydrogens is 320 g/mol. The second-order valence-electron chi connectivity index (χ2n) is 5.80. The van der Waals surface area contributed by atoms with Crippen molar-refractivity contribution in [3.63, 3.8) is 0 Å². The number of piperidine rings is 1. The first-order valence-electron chi connectivity index (χ1n) is 7.97. The lowest BCUT2D eigenvalue weighted by Gasteiger charge is -2.27. The molecule has 0 radical (unpaired) electrons. The number of nitrogens with two attached hydrogens (primary N) is 1. The predicted molar refractivity (Wildman–Crippen MR) is 92.4 cm³/mol. The largest absolute Gasteiger partial charge is 0.464 e. The molecule has 7 heteroatoms. The molecule has 1 fully saturated rings. The van der Waals surface area contributed by atoms with Gasteiger partial charge in [-0.3, -0.25) is 4.79 Å². The van der Waals surface area contributed by atoms with E-state index in [0.29, 0.717) is 18.7 Å². The third-order valence-electron chi connectivity index (χ3n) is 4.31. The zero-order valence-electron chi connectivity index (χ0n) is 13.9. The molecule has 0 atom stereocenters. The molecule has 25 heavy (non-hydrogen) atoms. The fourth-order valence-corrected chi connectivity index (χ4v) is 2.99. The SMILES string of the molecule is COC(=O)c1c(N)c(C#N)cn1-c1ccc(N2CCCCC2=O)cc1. The molecule has 0 bridgehead atoms. The van der Waals surface area contributed by atoms with Crippen LogP contribution in [0.15, 0.2) is 30.5 Å². The average Bonchev–Trinajstić information content (AvgIpc) is 2.98. The number of hydrogen-bond donors (Lipinski definition) is 1. The normalized spacial score (nSPS) is 14.2. The summed E-state index contributed by atoms with van der Waals surface area (Å²) < 4.78 is 6.30. The van der Waals surface area contributed by atoms with Crippen molar-refractivity contribution in [1.29, 1.82) is 5.26 Å². The van der Waals surface area contributed by atoms with Crippen LogP contribution >= 0.6 is 0 Å². The minimum Gasteiger partial charge on any atom is -0.464 e. The van der Waals surface area contributed by atoms with Crippen molar-refractivity contribution in [3.05, 3.63) is 41.7 Å². The van der Waals surface area contributed by atoms with Gasteiger partial charge in [-0.05, 0) is 37.1 Å². The zero-order valence-corrected chi connectivity index (χ0v) is 13.9. The van der Waals surface area contributed by atoms with Gasteiger partial charge in [0, 0.05) is 30.5 Å². The number of nitrogen functional groups attached to an aromatic ring is 1. The molecular formula is C18H18N4O3. The number of esters is 1. The van der Waals surface area contributed by atoms with Crippen LogP contribution in [-0.4, -0.2) is 30.1 Å². The Kier molecular flexibility index (Phi) is 4.44. The molecule has 0 saturated carbocycles. The minimum atomic E-state index is -0.616. The van der Waals surface area contributed by atoms with Crippen molar-refractivity contribution < 1.29 is 14.3 Å². The number of methoxy groups -OCH3 is 1. The Hall–Kier alpha value is -3.27. The van der Waals surface area contributed by atoms with E-state index in [2.05, 4.69) is 0 Å². The Morgan fingerprint density at radius 2 is 1.92 bits per heavy atom. The Balaban J connectivity index is 1.99. The highest BCUT2D eigenvalue weighted by Crippen LogP contribution is 2.27. The highest BCUT2D eigenvalue weighted by molar-refractivity contribution is 5.96. The lowest BCUT2D eigenvalue weighted by atomic mass is 10.1. The Labute approximate surface area is 145 Å². The summed E-state index contributed by atoms with van der Waals surface area (Å²) in [5, 5.41) is 9.16. The number of nitriles is 1. The smallest absolute Gasteiger partial charge is 0.357 e. The van der Waals surface area contributed by atoms with Gasteiger partial charge in [0.05, 0.1) is 18.4 Å². The number of ether oxygens (including phenoxy) is 1. The molecule has 0 spiro atoms. The summed E-state index contributed by atoms with van der Waals surface area (Å²) in [7, 11) is 1.26. The highest BCUT2D eigenvalue weighted by atomic mass is 16.5. The third-order valence-corrected chi connectivity index (χ3v) is 4.31. The Morgan fingerprint density at radius 1 is 1.24 bits per heavy atom. The summed E-state index contributed by atoms with van der Waals surface area (Å²) in [5.74, 6) is -0.500. The molecule has 2 N–H and O–H groups in total. The summed E-state index contributed by atoms with van der Waals surface area (Å²) in [6.07, 6.45) is 3.98. The Bertz CT molecular complexity index is 862. The van der Waals surface area contributed by atoms with Gasteiger partial charge in [0.15, 0.2) is 5.69 Å². The van der Waals surface area contributed by atoms with Crippen molar-refractivity contribution >= 4 is 23.3 Å². The number of carbonyl (C=O) groups excluding carboxylic acids is 2. The minimum absolute atomic E-state index is 0.0876. The molecule has 1 amide bonds. The van der Waals surface area contributed by atoms with Gasteiger partial charge in [0.2, 0.25) is 5.91 Å². The number of hydrogen-bond acceptors (Lipinski definition) is 5. The lowest BCUT2D eigenvalue weighted by molar-refractivity contribution is -0.119. The number of amides is 1. The summed E-state index contributed by atoms with van der Waals surface area (Å²) in [5.41, 5.74) is 7.77. The fraction of sp³-hybridized carbons (Fsp3) is 0.278. The number of aromatic nitrogens is 1. The van der Waals surface area contributed by atoms with E-state index in [4.69, 9.17) is 15.7 Å². The van der Waals surface area contributed by atoms with Crippen LogP contribution in [0.3, 0.4) is 0 Å². The molecule has 2 aromatic rings. The highest BCUT2D eigenvalue weighted by Gasteiger charge is 2.23. The molecule has 128 valence electrons. The van der Waals surface area contributed by atoms with Gasteiger partial charge in [-0.25, -0.2) is 4.79 Å². The molecule has 7 nitrogen and oxygen atoms in total. The second kappa shape index (κ2) is 6.69. The van der Waals surface area contributed by atoms with Crippen LogP contribution in [0.4, 0.5) is 11.4 Å². The number of carbonyl (C=O) groups is 2. The maximum atomic E-state index is 12.0. The summed E-state index contributed by atoms with van der Waals surface area (Å²) in [6, 6.07) is 9.17. The van der Waals surface area contributed by atoms with E-state index in [-0.39, 0.29) is 22.9 Å². The van der Waals surface area contributed by atoms with Crippen LogP contribution in [0.25, 0.3) is 5.69 Å². The first-order chi connectivity index (χ1) is 12.1. The molecule has 1 saturated heterocycles. The van der Waals surface area contributed by atoms with Crippen LogP contribution in [0.1, 0.15) is 35.3 Å². The molecule has 3 rings (SSSR count). The molecule has 2 heterocycles. The van der Waals surface area contributed by atoms with E-state index in [0.717, 1.165) is 18.5 Å². The predicted octanol–water partition coefficient (Wildman–Crippen LogP) is 2.23. The van der Waals surface area contributed by atoms with E-state index in [1.165, 1.54) is 17.9 Å². The maximum Gasteiger partial charge on any atom is 0.357 e. The molecule has 1 aromatic carbocycles. The van der Waals surface area contributed by atoms with Crippen LogP contribution in [-0.2, 0) is 9.53 Å². The van der Waals surface area contributed by atoms with E-state index in [9.17, 15) is 9.59 Å². The fourth-order valence-electron chi connectivity index (χ4n) is 2.99. The van der Waals surface area contributed by atoms with Crippen molar-refractivity contribution in [3.8, 4) is 11.8 Å². The van der Waals surface area contributed by atoms with Gasteiger partial charge in [-0.2, -0.15) is 5.26 Å². The van der Waals surface area contributed by atoms with Gasteiger partial charge >= 0.3 is 5.97 Å². The topological polar surface area (TPSA) is 101 Å². The van der Waals surface area contributed by atoms with Crippen molar-refractivity contribution in [2.75, 3.05) is 24.3 Å². The monoisotopic (exact) mass is 338 g/mol. The maximum absolute atomic E-state index is 12.0. The summed E-state index contributed by atoms with van der Waals surface area (Å²) >= 11 is 0. The number of nitrogens with zero attached hydrogens (tertiary/aromatic N) is 3. The molecule has 1 aliphatic heterocycles. The van der Waals surface area contributed by atoms with Gasteiger partial charge in [0.25, 0.3) is 0 Å². The lowest BCUT2D eigenvalue weighted by Crippen LogP contribution is -2.35. The first-order valence-corrected chi connectivity index (χ1v) is 7.97. The molecule has 1 aromatic heterocycles. The second-order valence-corrected chi connectivity index (χ2v) is 5.80. The van der Waals surface area contributed by atoms with Crippen molar-refractivity contribution in [2.45, 2.75) is 19.3 Å². The first kappa shape index (κ1) is 16.6. The van der Waals surface area contributed by atoms with Gasteiger partial charge in [-0.15, -0.1) is 0 Å². The molecule has 0 unspecified atom stereocenters. The third kappa shape index (κ3) is 2.94. The van der Waals surface area contributed by atoms with E-state index >= 15 is 0 Å². The van der Waals surface area contributed by atoms with E-state index in [1.54, 1.807) is 17.0 Å². The van der Waals surface area contributed by atoms with Crippen molar-refractivity contribution in [1.82, 2.24) is 4.57 Å². The summed E-state index contributed by atoms with van der Waals surface area (Å²) in [4.78, 5) is 25.8. The van der Waals surface area contributed by atoms with E-state index in [1.807, 2.05) is 18.2 Å². The number of rotatable bonds is 3. The number of anilines is 2. The van der Waals surface area contributed by atoms with Gasteiger partial charge in [-0.1, -0.05) is 0 Å². The van der Waals surface area contributed by atoms with E-state index < -0.39 is 5.97 Å². The standard InChI is InChI=1S/C18H18N4O3/c1-25-18(24)17-16(20)12(10-19)11-22(17)14-7-5-13(6-8-14)21-9-3-2-4-15(21)23/h5-8,11H,2-4,9,20H2,1H3. The van der Waals surface area contributed by atoms with Crippen LogP contribution in [0, 0.1) is 11.3 Å². The molecule has 0 aliphatic carbocycles.